The van der Waals surface area contributed by atoms with Crippen molar-refractivity contribution in [2.24, 2.45) is 0 Å². The Labute approximate surface area is 128 Å². The topological polar surface area (TPSA) is 4.93 Å². The molecular weight excluding hydrogens is 322 g/mol. The van der Waals surface area contributed by atoms with Crippen LogP contribution in [-0.2, 0) is 19.4 Å². The number of hydrogen-bond donors (Lipinski definition) is 0. The van der Waals surface area contributed by atoms with Gasteiger partial charge >= 0.3 is 0 Å². The third kappa shape index (κ3) is 3.64. The zero-order chi connectivity index (χ0) is 13.8. The van der Waals surface area contributed by atoms with Crippen molar-refractivity contribution in [3.05, 3.63) is 56.8 Å². The molecule has 0 atom stereocenters. The molecule has 0 saturated heterocycles. The third-order valence-corrected chi connectivity index (χ3v) is 4.74. The fourth-order valence-electron chi connectivity index (χ4n) is 2.28. The van der Waals surface area contributed by atoms with Gasteiger partial charge in [0.05, 0.1) is 0 Å². The first-order chi connectivity index (χ1) is 9.11. The fourth-order valence-corrected chi connectivity index (χ4v) is 2.93. The molecule has 0 aliphatic rings. The van der Waals surface area contributed by atoms with E-state index in [1.807, 2.05) is 12.1 Å². The van der Waals surface area contributed by atoms with Crippen LogP contribution in [0.25, 0.3) is 0 Å². The number of aryl methyl sites for hydroxylation is 3. The molecule has 102 valence electrons. The van der Waals surface area contributed by atoms with Crippen LogP contribution in [0, 0.1) is 6.92 Å². The van der Waals surface area contributed by atoms with E-state index < -0.39 is 0 Å². The average molecular weight is 341 g/mol. The first kappa shape index (κ1) is 14.7. The SMILES string of the molecule is CCCn1cc(CCc2ccc(Cl)cc2)c(Br)c1C. The summed E-state index contributed by atoms with van der Waals surface area (Å²) < 4.78 is 3.59. The van der Waals surface area contributed by atoms with Gasteiger partial charge in [0.15, 0.2) is 0 Å². The van der Waals surface area contributed by atoms with Crippen molar-refractivity contribution >= 4 is 27.5 Å². The summed E-state index contributed by atoms with van der Waals surface area (Å²) in [5.74, 6) is 0. The Morgan fingerprint density at radius 1 is 1.16 bits per heavy atom. The lowest BCUT2D eigenvalue weighted by molar-refractivity contribution is 0.663. The predicted molar refractivity (Wildman–Crippen MR) is 86.0 cm³/mol. The van der Waals surface area contributed by atoms with Crippen LogP contribution in [0.2, 0.25) is 5.02 Å². The maximum atomic E-state index is 5.90. The molecule has 0 saturated carbocycles. The molecule has 0 amide bonds. The Kier molecular flexibility index (Phi) is 5.12. The minimum Gasteiger partial charge on any atom is -0.350 e. The van der Waals surface area contributed by atoms with Crippen LogP contribution in [0.15, 0.2) is 34.9 Å². The normalized spacial score (nSPS) is 10.9. The highest BCUT2D eigenvalue weighted by molar-refractivity contribution is 9.10. The Hall–Kier alpha value is -0.730. The smallest absolute Gasteiger partial charge is 0.0413 e. The van der Waals surface area contributed by atoms with E-state index in [2.05, 4.69) is 52.7 Å². The lowest BCUT2D eigenvalue weighted by Gasteiger charge is -2.02. The van der Waals surface area contributed by atoms with E-state index in [0.717, 1.165) is 24.4 Å². The highest BCUT2D eigenvalue weighted by Gasteiger charge is 2.09. The highest BCUT2D eigenvalue weighted by atomic mass is 79.9. The average Bonchev–Trinajstić information content (AvgIpc) is 2.67. The molecule has 1 heterocycles. The molecule has 19 heavy (non-hydrogen) atoms. The Morgan fingerprint density at radius 3 is 2.47 bits per heavy atom. The van der Waals surface area contributed by atoms with Gasteiger partial charge in [-0.1, -0.05) is 30.7 Å². The molecule has 1 nitrogen and oxygen atoms in total. The molecule has 0 bridgehead atoms. The van der Waals surface area contributed by atoms with Crippen LogP contribution in [-0.4, -0.2) is 4.57 Å². The maximum Gasteiger partial charge on any atom is 0.0413 e. The second-order valence-electron chi connectivity index (χ2n) is 4.87. The van der Waals surface area contributed by atoms with Gasteiger partial charge in [0.2, 0.25) is 0 Å². The summed E-state index contributed by atoms with van der Waals surface area (Å²) in [5, 5.41) is 0.801. The van der Waals surface area contributed by atoms with Gasteiger partial charge in [-0.15, -0.1) is 0 Å². The molecule has 0 aliphatic carbocycles. The molecule has 0 fully saturated rings. The summed E-state index contributed by atoms with van der Waals surface area (Å²) >= 11 is 9.62. The van der Waals surface area contributed by atoms with Crippen LogP contribution in [0.5, 0.6) is 0 Å². The van der Waals surface area contributed by atoms with Crippen molar-refractivity contribution in [2.45, 2.75) is 39.7 Å². The van der Waals surface area contributed by atoms with Gasteiger partial charge in [0, 0.05) is 27.9 Å². The zero-order valence-corrected chi connectivity index (χ0v) is 13.8. The molecule has 1 aromatic heterocycles. The Balaban J connectivity index is 2.07. The van der Waals surface area contributed by atoms with Gasteiger partial charge in [-0.3, -0.25) is 0 Å². The van der Waals surface area contributed by atoms with Gasteiger partial charge in [-0.2, -0.15) is 0 Å². The van der Waals surface area contributed by atoms with E-state index in [9.17, 15) is 0 Å². The number of benzene rings is 1. The van der Waals surface area contributed by atoms with Crippen LogP contribution in [0.3, 0.4) is 0 Å². The Bertz CT molecular complexity index is 543. The van der Waals surface area contributed by atoms with Gasteiger partial charge in [0.1, 0.15) is 0 Å². The van der Waals surface area contributed by atoms with Gasteiger partial charge in [-0.05, 0) is 65.4 Å². The number of hydrogen-bond acceptors (Lipinski definition) is 0. The standard InChI is InChI=1S/C16H19BrClN/c1-3-10-19-11-14(16(17)12(19)2)7-4-13-5-8-15(18)9-6-13/h5-6,8-9,11H,3-4,7,10H2,1-2H3. The van der Waals surface area contributed by atoms with Gasteiger partial charge < -0.3 is 4.57 Å². The molecule has 0 N–H and O–H groups in total. The summed E-state index contributed by atoms with van der Waals surface area (Å²) in [7, 11) is 0. The minimum absolute atomic E-state index is 0.801. The largest absolute Gasteiger partial charge is 0.350 e. The van der Waals surface area contributed by atoms with Crippen molar-refractivity contribution in [3.8, 4) is 0 Å². The summed E-state index contributed by atoms with van der Waals surface area (Å²) in [5.41, 5.74) is 4.05. The summed E-state index contributed by atoms with van der Waals surface area (Å²) in [4.78, 5) is 0. The molecule has 2 rings (SSSR count). The quantitative estimate of drug-likeness (QED) is 0.686. The van der Waals surface area contributed by atoms with E-state index in [-0.39, 0.29) is 0 Å². The second-order valence-corrected chi connectivity index (χ2v) is 6.10. The third-order valence-electron chi connectivity index (χ3n) is 3.40. The predicted octanol–water partition coefficient (Wildman–Crippen LogP) is 5.41. The van der Waals surface area contributed by atoms with Crippen LogP contribution in [0.4, 0.5) is 0 Å². The van der Waals surface area contributed by atoms with Crippen LogP contribution < -0.4 is 0 Å². The number of nitrogens with zero attached hydrogens (tertiary/aromatic N) is 1. The fraction of sp³-hybridized carbons (Fsp3) is 0.375. The zero-order valence-electron chi connectivity index (χ0n) is 11.4. The summed E-state index contributed by atoms with van der Waals surface area (Å²) in [6, 6.07) is 8.12. The lowest BCUT2D eigenvalue weighted by Crippen LogP contribution is -1.96. The molecule has 1 aromatic carbocycles. The Morgan fingerprint density at radius 2 is 1.84 bits per heavy atom. The molecule has 0 aliphatic heterocycles. The number of halogens is 2. The van der Waals surface area contributed by atoms with E-state index in [4.69, 9.17) is 11.6 Å². The molecular formula is C16H19BrClN. The molecule has 0 radical (unpaired) electrons. The minimum atomic E-state index is 0.801. The van der Waals surface area contributed by atoms with Gasteiger partial charge in [-0.25, -0.2) is 0 Å². The highest BCUT2D eigenvalue weighted by Crippen LogP contribution is 2.25. The monoisotopic (exact) mass is 339 g/mol. The van der Waals surface area contributed by atoms with Crippen molar-refractivity contribution in [3.63, 3.8) is 0 Å². The lowest BCUT2D eigenvalue weighted by atomic mass is 10.1. The molecule has 0 unspecified atom stereocenters. The first-order valence-corrected chi connectivity index (χ1v) is 7.87. The number of rotatable bonds is 5. The van der Waals surface area contributed by atoms with E-state index >= 15 is 0 Å². The summed E-state index contributed by atoms with van der Waals surface area (Å²) in [6.07, 6.45) is 5.54. The molecule has 2 aromatic rings. The van der Waals surface area contributed by atoms with Crippen molar-refractivity contribution in [1.82, 2.24) is 4.57 Å². The van der Waals surface area contributed by atoms with Crippen LogP contribution in [0.1, 0.15) is 30.2 Å². The van der Waals surface area contributed by atoms with Gasteiger partial charge in [0.25, 0.3) is 0 Å². The first-order valence-electron chi connectivity index (χ1n) is 6.70. The van der Waals surface area contributed by atoms with Crippen molar-refractivity contribution in [2.75, 3.05) is 0 Å². The van der Waals surface area contributed by atoms with Crippen molar-refractivity contribution in [1.29, 1.82) is 0 Å². The van der Waals surface area contributed by atoms with E-state index in [0.29, 0.717) is 0 Å². The van der Waals surface area contributed by atoms with E-state index in [1.54, 1.807) is 0 Å². The second kappa shape index (κ2) is 6.62. The van der Waals surface area contributed by atoms with Crippen molar-refractivity contribution < 1.29 is 0 Å². The van der Waals surface area contributed by atoms with E-state index in [1.165, 1.54) is 27.7 Å². The maximum absolute atomic E-state index is 5.90. The number of aromatic nitrogens is 1. The summed E-state index contributed by atoms with van der Waals surface area (Å²) in [6.45, 7) is 5.47. The molecule has 0 spiro atoms. The van der Waals surface area contributed by atoms with Crippen LogP contribution >= 0.6 is 27.5 Å². The molecule has 3 heteroatoms.